The first-order valence-electron chi connectivity index (χ1n) is 6.35. The summed E-state index contributed by atoms with van der Waals surface area (Å²) in [4.78, 5) is 0.649. The van der Waals surface area contributed by atoms with Gasteiger partial charge in [-0.05, 0) is 41.1 Å². The van der Waals surface area contributed by atoms with Gasteiger partial charge in [-0.2, -0.15) is 0 Å². The molecule has 2 aromatic carbocycles. The molecular formula is C15H15N3O. The Labute approximate surface area is 111 Å². The molecule has 1 heterocycles. The van der Waals surface area contributed by atoms with E-state index in [1.54, 1.807) is 0 Å². The van der Waals surface area contributed by atoms with Gasteiger partial charge in [-0.3, -0.25) is 0 Å². The molecule has 0 atom stereocenters. The molecule has 0 saturated heterocycles. The molecule has 0 aliphatic carbocycles. The molecule has 1 aromatic heterocycles. The number of aryl methyl sites for hydroxylation is 1. The zero-order chi connectivity index (χ0) is 13.4. The van der Waals surface area contributed by atoms with Gasteiger partial charge in [0.1, 0.15) is 11.0 Å². The van der Waals surface area contributed by atoms with E-state index in [-0.39, 0.29) is 0 Å². The van der Waals surface area contributed by atoms with Crippen molar-refractivity contribution in [3.63, 3.8) is 0 Å². The minimum Gasteiger partial charge on any atom is -0.396 e. The number of rotatable bonds is 2. The lowest BCUT2D eigenvalue weighted by Gasteiger charge is -2.10. The molecule has 0 fully saturated rings. The summed E-state index contributed by atoms with van der Waals surface area (Å²) in [5, 5.41) is 17.6. The lowest BCUT2D eigenvalue weighted by molar-refractivity contribution is 0.113. The normalized spacial score (nSPS) is 11.1. The van der Waals surface area contributed by atoms with Gasteiger partial charge in [0.25, 0.3) is 0 Å². The summed E-state index contributed by atoms with van der Waals surface area (Å²) in [7, 11) is 0. The van der Waals surface area contributed by atoms with Gasteiger partial charge in [0.05, 0.1) is 0 Å². The molecule has 0 amide bonds. The molecule has 4 nitrogen and oxygen atoms in total. The smallest absolute Gasteiger partial charge is 0.125 e. The van der Waals surface area contributed by atoms with Crippen LogP contribution in [0.15, 0.2) is 36.4 Å². The van der Waals surface area contributed by atoms with Crippen molar-refractivity contribution in [3.8, 4) is 11.1 Å². The number of fused-ring (bicyclic) bond motifs is 1. The Morgan fingerprint density at radius 1 is 1.16 bits per heavy atom. The maximum atomic E-state index is 9.48. The maximum absolute atomic E-state index is 9.48. The van der Waals surface area contributed by atoms with Crippen LogP contribution >= 0.6 is 0 Å². The van der Waals surface area contributed by atoms with E-state index in [0.29, 0.717) is 4.96 Å². The Hall–Kier alpha value is -2.36. The van der Waals surface area contributed by atoms with Gasteiger partial charge in [0.15, 0.2) is 0 Å². The van der Waals surface area contributed by atoms with Crippen LogP contribution in [0.5, 0.6) is 0 Å². The predicted octanol–water partition coefficient (Wildman–Crippen LogP) is 3.21. The summed E-state index contributed by atoms with van der Waals surface area (Å²) in [6.07, 6.45) is 0.930. The number of nitrogens with zero attached hydrogens (tertiary/aromatic N) is 3. The monoisotopic (exact) mass is 253 g/mol. The number of aromatic nitrogens is 3. The Morgan fingerprint density at radius 3 is 2.58 bits per heavy atom. The Morgan fingerprint density at radius 2 is 1.89 bits per heavy atom. The van der Waals surface area contributed by atoms with Crippen LogP contribution in [0.4, 0.5) is 0 Å². The fourth-order valence-corrected chi connectivity index (χ4v) is 2.52. The number of benzene rings is 2. The van der Waals surface area contributed by atoms with Gasteiger partial charge in [-0.25, -0.2) is 0 Å². The van der Waals surface area contributed by atoms with Crippen molar-refractivity contribution < 1.29 is 5.21 Å². The summed E-state index contributed by atoms with van der Waals surface area (Å²) < 4.78 is 0. The quantitative estimate of drug-likeness (QED) is 0.713. The molecule has 0 spiro atoms. The van der Waals surface area contributed by atoms with Gasteiger partial charge < -0.3 is 5.21 Å². The summed E-state index contributed by atoms with van der Waals surface area (Å²) in [5.74, 6) is 0. The van der Waals surface area contributed by atoms with Gasteiger partial charge in [-0.15, -0.1) is 10.2 Å². The zero-order valence-electron chi connectivity index (χ0n) is 11.0. The second-order valence-electron chi connectivity index (χ2n) is 4.59. The minimum atomic E-state index is 0.649. The molecule has 4 heteroatoms. The SMILES string of the molecule is CCc1cc2nn(O)nc2c(-c2ccccc2)c1C. The molecule has 0 unspecified atom stereocenters. The largest absolute Gasteiger partial charge is 0.396 e. The van der Waals surface area contributed by atoms with Gasteiger partial charge in [0.2, 0.25) is 0 Å². The van der Waals surface area contributed by atoms with E-state index in [9.17, 15) is 5.21 Å². The van der Waals surface area contributed by atoms with Crippen molar-refractivity contribution in [1.29, 1.82) is 0 Å². The van der Waals surface area contributed by atoms with E-state index in [2.05, 4.69) is 36.2 Å². The molecule has 0 radical (unpaired) electrons. The fourth-order valence-electron chi connectivity index (χ4n) is 2.52. The van der Waals surface area contributed by atoms with Crippen LogP contribution in [0.25, 0.3) is 22.2 Å². The molecule has 0 aliphatic rings. The molecule has 0 saturated carbocycles. The van der Waals surface area contributed by atoms with Crippen molar-refractivity contribution in [3.05, 3.63) is 47.5 Å². The molecule has 1 N–H and O–H groups in total. The van der Waals surface area contributed by atoms with Crippen molar-refractivity contribution >= 4 is 11.0 Å². The van der Waals surface area contributed by atoms with Crippen LogP contribution in [-0.4, -0.2) is 20.4 Å². The lowest BCUT2D eigenvalue weighted by atomic mass is 9.94. The highest BCUT2D eigenvalue weighted by molar-refractivity contribution is 5.94. The lowest BCUT2D eigenvalue weighted by Crippen LogP contribution is -1.94. The average Bonchev–Trinajstić information content (AvgIpc) is 2.79. The van der Waals surface area contributed by atoms with Crippen LogP contribution in [0, 0.1) is 6.92 Å². The highest BCUT2D eigenvalue weighted by atomic mass is 16.5. The molecule has 19 heavy (non-hydrogen) atoms. The maximum Gasteiger partial charge on any atom is 0.125 e. The standard InChI is InChI=1S/C15H15N3O/c1-3-11-9-13-15(17-18(19)16-13)14(10(11)2)12-7-5-4-6-8-12/h4-9,19H,3H2,1-2H3. The van der Waals surface area contributed by atoms with Crippen LogP contribution in [0.2, 0.25) is 0 Å². The van der Waals surface area contributed by atoms with Crippen LogP contribution in [0.3, 0.4) is 0 Å². The predicted molar refractivity (Wildman–Crippen MR) is 74.3 cm³/mol. The first kappa shape index (κ1) is 11.7. The highest BCUT2D eigenvalue weighted by Gasteiger charge is 2.15. The van der Waals surface area contributed by atoms with E-state index in [0.717, 1.165) is 28.6 Å². The number of hydrogen-bond acceptors (Lipinski definition) is 3. The summed E-state index contributed by atoms with van der Waals surface area (Å²) in [6.45, 7) is 4.21. The Kier molecular flexibility index (Phi) is 2.71. The van der Waals surface area contributed by atoms with E-state index < -0.39 is 0 Å². The first-order chi connectivity index (χ1) is 9.20. The van der Waals surface area contributed by atoms with E-state index in [1.807, 2.05) is 24.3 Å². The average molecular weight is 253 g/mol. The van der Waals surface area contributed by atoms with Crippen molar-refractivity contribution in [2.45, 2.75) is 20.3 Å². The summed E-state index contributed by atoms with van der Waals surface area (Å²) >= 11 is 0. The van der Waals surface area contributed by atoms with Crippen LogP contribution in [0.1, 0.15) is 18.1 Å². The van der Waals surface area contributed by atoms with E-state index >= 15 is 0 Å². The third-order valence-electron chi connectivity index (χ3n) is 3.48. The van der Waals surface area contributed by atoms with Gasteiger partial charge in [-0.1, -0.05) is 37.3 Å². The topological polar surface area (TPSA) is 50.9 Å². The minimum absolute atomic E-state index is 0.649. The highest BCUT2D eigenvalue weighted by Crippen LogP contribution is 2.32. The van der Waals surface area contributed by atoms with Crippen molar-refractivity contribution in [2.24, 2.45) is 0 Å². The number of hydrogen-bond donors (Lipinski definition) is 1. The molecule has 96 valence electrons. The molecular weight excluding hydrogens is 238 g/mol. The third-order valence-corrected chi connectivity index (χ3v) is 3.48. The molecule has 0 bridgehead atoms. The van der Waals surface area contributed by atoms with Gasteiger partial charge >= 0.3 is 0 Å². The van der Waals surface area contributed by atoms with Crippen LogP contribution in [-0.2, 0) is 6.42 Å². The molecule has 3 rings (SSSR count). The zero-order valence-corrected chi connectivity index (χ0v) is 11.0. The second-order valence-corrected chi connectivity index (χ2v) is 4.59. The Balaban J connectivity index is 2.41. The summed E-state index contributed by atoms with van der Waals surface area (Å²) in [5.41, 5.74) is 6.04. The summed E-state index contributed by atoms with van der Waals surface area (Å²) in [6, 6.07) is 12.1. The van der Waals surface area contributed by atoms with E-state index in [1.165, 1.54) is 11.1 Å². The van der Waals surface area contributed by atoms with Crippen molar-refractivity contribution in [1.82, 2.24) is 15.2 Å². The van der Waals surface area contributed by atoms with Crippen molar-refractivity contribution in [2.75, 3.05) is 0 Å². The molecule has 3 aromatic rings. The van der Waals surface area contributed by atoms with E-state index in [4.69, 9.17) is 0 Å². The second kappa shape index (κ2) is 4.39. The third kappa shape index (κ3) is 1.85. The van der Waals surface area contributed by atoms with Crippen LogP contribution < -0.4 is 0 Å². The Bertz CT molecular complexity index is 732. The first-order valence-corrected chi connectivity index (χ1v) is 6.35. The fraction of sp³-hybridized carbons (Fsp3) is 0.200. The van der Waals surface area contributed by atoms with Gasteiger partial charge in [0, 0.05) is 5.56 Å². The molecule has 0 aliphatic heterocycles.